The largest absolute Gasteiger partial charge is 0.326 e. The SMILES string of the molecule is Cc1ccc2[nH]c(=O)n(CC=O)c2c1. The fraction of sp³-hybridized carbons (Fsp3) is 0.200. The van der Waals surface area contributed by atoms with Gasteiger partial charge in [-0.1, -0.05) is 6.07 Å². The first kappa shape index (κ1) is 8.74. The summed E-state index contributed by atoms with van der Waals surface area (Å²) < 4.78 is 1.43. The lowest BCUT2D eigenvalue weighted by molar-refractivity contribution is -0.108. The van der Waals surface area contributed by atoms with Crippen LogP contribution in [0.3, 0.4) is 0 Å². The van der Waals surface area contributed by atoms with Gasteiger partial charge in [-0.05, 0) is 24.6 Å². The zero-order chi connectivity index (χ0) is 10.1. The zero-order valence-electron chi connectivity index (χ0n) is 7.78. The lowest BCUT2D eigenvalue weighted by Crippen LogP contribution is -2.17. The van der Waals surface area contributed by atoms with E-state index in [1.165, 1.54) is 4.57 Å². The summed E-state index contributed by atoms with van der Waals surface area (Å²) in [6.07, 6.45) is 0.719. The number of hydrogen-bond donors (Lipinski definition) is 1. The number of carbonyl (C=O) groups excluding carboxylic acids is 1. The van der Waals surface area contributed by atoms with Crippen molar-refractivity contribution in [1.29, 1.82) is 0 Å². The Kier molecular flexibility index (Phi) is 1.96. The third-order valence-corrected chi connectivity index (χ3v) is 2.19. The molecule has 4 nitrogen and oxygen atoms in total. The monoisotopic (exact) mass is 190 g/mol. The Hall–Kier alpha value is -1.84. The van der Waals surface area contributed by atoms with Crippen molar-refractivity contribution in [2.45, 2.75) is 13.5 Å². The number of fused-ring (bicyclic) bond motifs is 1. The predicted octanol–water partition coefficient (Wildman–Crippen LogP) is 0.837. The molecule has 72 valence electrons. The van der Waals surface area contributed by atoms with Gasteiger partial charge in [0, 0.05) is 0 Å². The average Bonchev–Trinajstić information content (AvgIpc) is 2.45. The number of rotatable bonds is 2. The maximum atomic E-state index is 11.4. The number of aromatic amines is 1. The molecule has 14 heavy (non-hydrogen) atoms. The molecule has 4 heteroatoms. The van der Waals surface area contributed by atoms with E-state index in [1.807, 2.05) is 25.1 Å². The van der Waals surface area contributed by atoms with Gasteiger partial charge in [0.05, 0.1) is 17.6 Å². The molecule has 0 bridgehead atoms. The van der Waals surface area contributed by atoms with E-state index < -0.39 is 0 Å². The van der Waals surface area contributed by atoms with Crippen LogP contribution in [0.2, 0.25) is 0 Å². The normalized spacial score (nSPS) is 10.6. The number of nitrogens with one attached hydrogen (secondary N) is 1. The summed E-state index contributed by atoms with van der Waals surface area (Å²) in [5.74, 6) is 0. The van der Waals surface area contributed by atoms with Gasteiger partial charge in [0.15, 0.2) is 0 Å². The molecular formula is C10H10N2O2. The lowest BCUT2D eigenvalue weighted by Gasteiger charge is -1.97. The van der Waals surface area contributed by atoms with Crippen LogP contribution in [0.4, 0.5) is 0 Å². The number of hydrogen-bond acceptors (Lipinski definition) is 2. The van der Waals surface area contributed by atoms with Crippen molar-refractivity contribution < 1.29 is 4.79 Å². The molecule has 0 aliphatic rings. The fourth-order valence-electron chi connectivity index (χ4n) is 1.52. The molecule has 0 atom stereocenters. The average molecular weight is 190 g/mol. The highest BCUT2D eigenvalue weighted by Gasteiger charge is 2.04. The number of carbonyl (C=O) groups is 1. The molecule has 0 fully saturated rings. The standard InChI is InChI=1S/C10H10N2O2/c1-7-2-3-8-9(6-7)12(4-5-13)10(14)11-8/h2-3,5-6H,4H2,1H3,(H,11,14). The molecule has 2 aromatic rings. The van der Waals surface area contributed by atoms with Crippen LogP contribution in [0.1, 0.15) is 5.56 Å². The van der Waals surface area contributed by atoms with E-state index in [4.69, 9.17) is 0 Å². The molecule has 0 amide bonds. The summed E-state index contributed by atoms with van der Waals surface area (Å²) in [4.78, 5) is 24.5. The maximum absolute atomic E-state index is 11.4. The minimum atomic E-state index is -0.238. The van der Waals surface area contributed by atoms with Crippen molar-refractivity contribution in [1.82, 2.24) is 9.55 Å². The van der Waals surface area contributed by atoms with Crippen LogP contribution in [0.15, 0.2) is 23.0 Å². The summed E-state index contributed by atoms with van der Waals surface area (Å²) in [5.41, 5.74) is 2.37. The third-order valence-electron chi connectivity index (χ3n) is 2.19. The molecule has 1 N–H and O–H groups in total. The summed E-state index contributed by atoms with van der Waals surface area (Å²) in [7, 11) is 0. The Balaban J connectivity index is 2.79. The molecule has 0 aliphatic carbocycles. The van der Waals surface area contributed by atoms with Crippen LogP contribution in [-0.2, 0) is 11.3 Å². The Morgan fingerprint density at radius 3 is 3.00 bits per heavy atom. The Labute approximate surface area is 80.2 Å². The van der Waals surface area contributed by atoms with E-state index in [1.54, 1.807) is 0 Å². The quantitative estimate of drug-likeness (QED) is 0.713. The van der Waals surface area contributed by atoms with Crippen molar-refractivity contribution in [2.75, 3.05) is 0 Å². The van der Waals surface area contributed by atoms with Crippen LogP contribution < -0.4 is 5.69 Å². The molecule has 0 unspecified atom stereocenters. The van der Waals surface area contributed by atoms with Crippen LogP contribution in [0, 0.1) is 6.92 Å². The second-order valence-corrected chi connectivity index (χ2v) is 3.23. The van der Waals surface area contributed by atoms with Crippen LogP contribution in [0.5, 0.6) is 0 Å². The first-order valence-electron chi connectivity index (χ1n) is 4.35. The summed E-state index contributed by atoms with van der Waals surface area (Å²) in [6, 6.07) is 5.65. The van der Waals surface area contributed by atoms with Crippen LogP contribution >= 0.6 is 0 Å². The second-order valence-electron chi connectivity index (χ2n) is 3.23. The van der Waals surface area contributed by atoms with Gasteiger partial charge in [-0.3, -0.25) is 4.57 Å². The van der Waals surface area contributed by atoms with E-state index in [2.05, 4.69) is 4.98 Å². The number of benzene rings is 1. The van der Waals surface area contributed by atoms with Crippen LogP contribution in [-0.4, -0.2) is 15.8 Å². The zero-order valence-corrected chi connectivity index (χ0v) is 7.78. The maximum Gasteiger partial charge on any atom is 0.326 e. The van der Waals surface area contributed by atoms with E-state index in [9.17, 15) is 9.59 Å². The molecule has 0 spiro atoms. The van der Waals surface area contributed by atoms with Crippen molar-refractivity contribution in [3.8, 4) is 0 Å². The van der Waals surface area contributed by atoms with Gasteiger partial charge in [0.1, 0.15) is 6.29 Å². The van der Waals surface area contributed by atoms with E-state index in [0.717, 1.165) is 22.9 Å². The molecule has 1 heterocycles. The van der Waals surface area contributed by atoms with Gasteiger partial charge < -0.3 is 9.78 Å². The summed E-state index contributed by atoms with van der Waals surface area (Å²) in [6.45, 7) is 2.05. The van der Waals surface area contributed by atoms with E-state index in [-0.39, 0.29) is 12.2 Å². The molecular weight excluding hydrogens is 180 g/mol. The molecule has 0 saturated carbocycles. The molecule has 0 aliphatic heterocycles. The molecule has 1 aromatic carbocycles. The summed E-state index contributed by atoms with van der Waals surface area (Å²) in [5, 5.41) is 0. The van der Waals surface area contributed by atoms with Gasteiger partial charge in [0.25, 0.3) is 0 Å². The molecule has 0 saturated heterocycles. The second kappa shape index (κ2) is 3.14. The topological polar surface area (TPSA) is 54.9 Å². The Bertz CT molecular complexity index is 537. The van der Waals surface area contributed by atoms with Gasteiger partial charge in [-0.15, -0.1) is 0 Å². The number of H-pyrrole nitrogens is 1. The smallest absolute Gasteiger partial charge is 0.306 e. The first-order chi connectivity index (χ1) is 6.72. The number of nitrogens with zero attached hydrogens (tertiary/aromatic N) is 1. The van der Waals surface area contributed by atoms with Gasteiger partial charge in [-0.2, -0.15) is 0 Å². The van der Waals surface area contributed by atoms with Crippen molar-refractivity contribution in [3.05, 3.63) is 34.2 Å². The fourth-order valence-corrected chi connectivity index (χ4v) is 1.52. The summed E-state index contributed by atoms with van der Waals surface area (Å²) >= 11 is 0. The lowest BCUT2D eigenvalue weighted by atomic mass is 10.2. The predicted molar refractivity (Wildman–Crippen MR) is 53.4 cm³/mol. The molecule has 1 aromatic heterocycles. The van der Waals surface area contributed by atoms with Crippen molar-refractivity contribution >= 4 is 17.3 Å². The molecule has 2 rings (SSSR count). The first-order valence-corrected chi connectivity index (χ1v) is 4.35. The van der Waals surface area contributed by atoms with E-state index >= 15 is 0 Å². The number of imidazole rings is 1. The molecule has 0 radical (unpaired) electrons. The highest BCUT2D eigenvalue weighted by molar-refractivity contribution is 5.76. The third kappa shape index (κ3) is 1.25. The van der Waals surface area contributed by atoms with E-state index in [0.29, 0.717) is 0 Å². The van der Waals surface area contributed by atoms with Gasteiger partial charge >= 0.3 is 5.69 Å². The highest BCUT2D eigenvalue weighted by Crippen LogP contribution is 2.11. The van der Waals surface area contributed by atoms with Crippen LogP contribution in [0.25, 0.3) is 11.0 Å². The number of aryl methyl sites for hydroxylation is 1. The number of aromatic nitrogens is 2. The Morgan fingerprint density at radius 2 is 2.29 bits per heavy atom. The minimum absolute atomic E-state index is 0.0995. The van der Waals surface area contributed by atoms with Gasteiger partial charge in [0.2, 0.25) is 0 Å². The highest BCUT2D eigenvalue weighted by atomic mass is 16.1. The van der Waals surface area contributed by atoms with Gasteiger partial charge in [-0.25, -0.2) is 4.79 Å². The Morgan fingerprint density at radius 1 is 1.50 bits per heavy atom. The number of aldehydes is 1. The minimum Gasteiger partial charge on any atom is -0.306 e. The van der Waals surface area contributed by atoms with Crippen molar-refractivity contribution in [2.24, 2.45) is 0 Å². The van der Waals surface area contributed by atoms with Crippen molar-refractivity contribution in [3.63, 3.8) is 0 Å².